The Balaban J connectivity index is 1.81. The largest absolute Gasteiger partial charge is 0.497 e. The van der Waals surface area contributed by atoms with Crippen LogP contribution in [-0.4, -0.2) is 53.0 Å². The number of hydrogen-bond acceptors (Lipinski definition) is 6. The van der Waals surface area contributed by atoms with Gasteiger partial charge in [-0.25, -0.2) is 8.42 Å². The number of piperidine rings is 1. The molecule has 0 radical (unpaired) electrons. The molecule has 1 N–H and O–H groups in total. The summed E-state index contributed by atoms with van der Waals surface area (Å²) in [5.74, 6) is 0.479. The smallest absolute Gasteiger partial charge is 0.246 e. The average Bonchev–Trinajstić information content (AvgIpc) is 2.79. The number of para-hydroxylation sites is 2. The summed E-state index contributed by atoms with van der Waals surface area (Å²) in [6.45, 7) is 0.421. The van der Waals surface area contributed by atoms with Crippen molar-refractivity contribution in [2.45, 2.75) is 17.7 Å². The first kappa shape index (κ1) is 21.9. The number of anilines is 1. The lowest BCUT2D eigenvalue weighted by molar-refractivity contribution is -0.120. The number of methoxy groups -OCH3 is 3. The van der Waals surface area contributed by atoms with Gasteiger partial charge in [-0.15, -0.1) is 0 Å². The molecular weight excluding hydrogens is 408 g/mol. The van der Waals surface area contributed by atoms with Gasteiger partial charge in [-0.1, -0.05) is 12.1 Å². The van der Waals surface area contributed by atoms with Crippen LogP contribution in [0.5, 0.6) is 17.2 Å². The molecule has 0 aromatic heterocycles. The topological polar surface area (TPSA) is 94.2 Å². The number of rotatable bonds is 7. The molecule has 2 aromatic carbocycles. The molecule has 1 aliphatic heterocycles. The van der Waals surface area contributed by atoms with E-state index in [1.165, 1.54) is 31.7 Å². The maximum absolute atomic E-state index is 13.3. The predicted molar refractivity (Wildman–Crippen MR) is 113 cm³/mol. The normalized spacial score (nSPS) is 17.2. The number of hydrogen-bond donors (Lipinski definition) is 1. The highest BCUT2D eigenvalue weighted by atomic mass is 32.2. The molecule has 1 atom stereocenters. The molecule has 1 aliphatic rings. The van der Waals surface area contributed by atoms with E-state index < -0.39 is 15.9 Å². The Bertz CT molecular complexity index is 1010. The number of amides is 1. The van der Waals surface area contributed by atoms with Crippen molar-refractivity contribution in [3.05, 3.63) is 42.5 Å². The number of nitrogens with one attached hydrogen (secondary N) is 1. The molecule has 3 rings (SSSR count). The second-order valence-electron chi connectivity index (χ2n) is 6.91. The van der Waals surface area contributed by atoms with E-state index in [9.17, 15) is 13.2 Å². The summed E-state index contributed by atoms with van der Waals surface area (Å²) in [5.41, 5.74) is 0.555. The first-order chi connectivity index (χ1) is 14.4. The highest BCUT2D eigenvalue weighted by Crippen LogP contribution is 2.33. The van der Waals surface area contributed by atoms with Gasteiger partial charge in [0.15, 0.2) is 0 Å². The van der Waals surface area contributed by atoms with Crippen molar-refractivity contribution in [1.29, 1.82) is 0 Å². The van der Waals surface area contributed by atoms with Crippen molar-refractivity contribution in [3.63, 3.8) is 0 Å². The molecule has 2 aromatic rings. The van der Waals surface area contributed by atoms with E-state index >= 15 is 0 Å². The summed E-state index contributed by atoms with van der Waals surface area (Å²) < 4.78 is 43.6. The molecule has 1 amide bonds. The van der Waals surface area contributed by atoms with Gasteiger partial charge in [-0.2, -0.15) is 4.31 Å². The Morgan fingerprint density at radius 1 is 1.03 bits per heavy atom. The minimum Gasteiger partial charge on any atom is -0.497 e. The van der Waals surface area contributed by atoms with Crippen molar-refractivity contribution < 1.29 is 27.4 Å². The lowest BCUT2D eigenvalue weighted by atomic mass is 9.98. The van der Waals surface area contributed by atoms with E-state index in [4.69, 9.17) is 14.2 Å². The second-order valence-corrected chi connectivity index (χ2v) is 8.81. The van der Waals surface area contributed by atoms with Gasteiger partial charge in [0, 0.05) is 19.2 Å². The third-order valence-electron chi connectivity index (χ3n) is 5.11. The number of carbonyl (C=O) groups is 1. The lowest BCUT2D eigenvalue weighted by Gasteiger charge is -2.31. The third kappa shape index (κ3) is 4.52. The van der Waals surface area contributed by atoms with Crippen LogP contribution in [0.1, 0.15) is 12.8 Å². The van der Waals surface area contributed by atoms with Crippen LogP contribution < -0.4 is 19.5 Å². The van der Waals surface area contributed by atoms with Crippen LogP contribution in [0, 0.1) is 5.92 Å². The summed E-state index contributed by atoms with van der Waals surface area (Å²) in [7, 11) is 0.550. The summed E-state index contributed by atoms with van der Waals surface area (Å²) in [4.78, 5) is 12.9. The zero-order valence-electron chi connectivity index (χ0n) is 17.3. The van der Waals surface area contributed by atoms with Crippen molar-refractivity contribution in [2.24, 2.45) is 5.92 Å². The van der Waals surface area contributed by atoms with Crippen molar-refractivity contribution >= 4 is 21.6 Å². The van der Waals surface area contributed by atoms with Crippen LogP contribution >= 0.6 is 0 Å². The van der Waals surface area contributed by atoms with Crippen LogP contribution in [0.2, 0.25) is 0 Å². The van der Waals surface area contributed by atoms with Gasteiger partial charge in [-0.3, -0.25) is 4.79 Å². The summed E-state index contributed by atoms with van der Waals surface area (Å²) in [5, 5.41) is 2.85. The van der Waals surface area contributed by atoms with Gasteiger partial charge in [0.05, 0.1) is 32.9 Å². The highest BCUT2D eigenvalue weighted by Gasteiger charge is 2.35. The molecule has 1 saturated heterocycles. The van der Waals surface area contributed by atoms with E-state index in [1.807, 2.05) is 6.07 Å². The Kier molecular flexibility index (Phi) is 6.84. The predicted octanol–water partition coefficient (Wildman–Crippen LogP) is 2.75. The van der Waals surface area contributed by atoms with Crippen LogP contribution in [0.4, 0.5) is 5.69 Å². The zero-order chi connectivity index (χ0) is 21.7. The third-order valence-corrected chi connectivity index (χ3v) is 6.99. The first-order valence-corrected chi connectivity index (χ1v) is 11.0. The minimum atomic E-state index is -3.87. The Hall–Kier alpha value is -2.78. The molecule has 0 saturated carbocycles. The molecule has 1 heterocycles. The molecule has 162 valence electrons. The summed E-state index contributed by atoms with van der Waals surface area (Å²) in [6.07, 6.45) is 1.18. The van der Waals surface area contributed by atoms with Gasteiger partial charge in [0.1, 0.15) is 22.1 Å². The quantitative estimate of drug-likeness (QED) is 0.720. The average molecular weight is 435 g/mol. The van der Waals surface area contributed by atoms with E-state index in [0.717, 1.165) is 0 Å². The second kappa shape index (κ2) is 9.36. The monoisotopic (exact) mass is 434 g/mol. The summed E-state index contributed by atoms with van der Waals surface area (Å²) in [6, 6.07) is 11.7. The van der Waals surface area contributed by atoms with Gasteiger partial charge in [-0.05, 0) is 37.1 Å². The number of ether oxygens (including phenoxy) is 3. The lowest BCUT2D eigenvalue weighted by Crippen LogP contribution is -2.43. The molecular formula is C21H26N2O6S. The fourth-order valence-electron chi connectivity index (χ4n) is 3.48. The molecule has 8 nitrogen and oxygen atoms in total. The Labute approximate surface area is 176 Å². The van der Waals surface area contributed by atoms with E-state index in [-0.39, 0.29) is 23.1 Å². The highest BCUT2D eigenvalue weighted by molar-refractivity contribution is 7.89. The maximum atomic E-state index is 13.3. The van der Waals surface area contributed by atoms with Gasteiger partial charge in [0.25, 0.3) is 0 Å². The molecule has 1 fully saturated rings. The molecule has 0 aliphatic carbocycles. The molecule has 0 bridgehead atoms. The van der Waals surface area contributed by atoms with E-state index in [0.29, 0.717) is 36.6 Å². The summed E-state index contributed by atoms with van der Waals surface area (Å²) >= 11 is 0. The molecule has 0 spiro atoms. The fraction of sp³-hybridized carbons (Fsp3) is 0.381. The van der Waals surface area contributed by atoms with Crippen molar-refractivity contribution in [1.82, 2.24) is 4.31 Å². The van der Waals surface area contributed by atoms with Crippen LogP contribution in [-0.2, 0) is 14.8 Å². The number of benzene rings is 2. The molecule has 30 heavy (non-hydrogen) atoms. The molecule has 9 heteroatoms. The minimum absolute atomic E-state index is 0.0233. The SMILES string of the molecule is COc1ccc(OC)c(S(=O)(=O)N2CCC[C@@H](C(=O)Nc3ccccc3OC)C2)c1. The van der Waals surface area contributed by atoms with Crippen LogP contribution in [0.15, 0.2) is 47.4 Å². The number of carbonyl (C=O) groups excluding carboxylic acids is 1. The van der Waals surface area contributed by atoms with Crippen molar-refractivity contribution in [3.8, 4) is 17.2 Å². The van der Waals surface area contributed by atoms with E-state index in [2.05, 4.69) is 5.32 Å². The zero-order valence-corrected chi connectivity index (χ0v) is 18.1. The Morgan fingerprint density at radius 3 is 2.47 bits per heavy atom. The van der Waals surface area contributed by atoms with Gasteiger partial charge >= 0.3 is 0 Å². The van der Waals surface area contributed by atoms with Crippen molar-refractivity contribution in [2.75, 3.05) is 39.7 Å². The first-order valence-electron chi connectivity index (χ1n) is 9.56. The van der Waals surface area contributed by atoms with Crippen LogP contribution in [0.25, 0.3) is 0 Å². The standard InChI is InChI=1S/C21H26N2O6S/c1-27-16-10-11-19(29-3)20(13-16)30(25,26)23-12-6-7-15(14-23)21(24)22-17-8-4-5-9-18(17)28-2/h4-5,8-11,13,15H,6-7,12,14H2,1-3H3,(H,22,24)/t15-/m1/s1. The Morgan fingerprint density at radius 2 is 1.77 bits per heavy atom. The maximum Gasteiger partial charge on any atom is 0.246 e. The fourth-order valence-corrected chi connectivity index (χ4v) is 5.18. The van der Waals surface area contributed by atoms with E-state index in [1.54, 1.807) is 30.3 Å². The number of sulfonamides is 1. The van der Waals surface area contributed by atoms with Crippen LogP contribution in [0.3, 0.4) is 0 Å². The molecule has 0 unspecified atom stereocenters. The number of nitrogens with zero attached hydrogens (tertiary/aromatic N) is 1. The van der Waals surface area contributed by atoms with Gasteiger partial charge < -0.3 is 19.5 Å². The van der Waals surface area contributed by atoms with Gasteiger partial charge in [0.2, 0.25) is 15.9 Å².